The van der Waals surface area contributed by atoms with Gasteiger partial charge in [-0.25, -0.2) is 0 Å². The normalized spacial score (nSPS) is 26.2. The van der Waals surface area contributed by atoms with Crippen LogP contribution in [0.2, 0.25) is 0 Å². The molecule has 1 aromatic carbocycles. The van der Waals surface area contributed by atoms with E-state index in [-0.39, 0.29) is 11.2 Å². The predicted octanol–water partition coefficient (Wildman–Crippen LogP) is 3.19. The van der Waals surface area contributed by atoms with Crippen LogP contribution in [0.4, 0.5) is 0 Å². The van der Waals surface area contributed by atoms with Crippen LogP contribution < -0.4 is 4.74 Å². The molecule has 0 fully saturated rings. The summed E-state index contributed by atoms with van der Waals surface area (Å²) in [6.07, 6.45) is 9.03. The number of allylic oxidation sites excluding steroid dienone is 2. The topological polar surface area (TPSA) is 26.3 Å². The van der Waals surface area contributed by atoms with Crippen molar-refractivity contribution in [3.05, 3.63) is 41.5 Å². The molecule has 0 heterocycles. The standard InChI is InChI=1S/C16H18O2/c1-18-14-5-4-12-3-2-8-16(15(12)11-14)9-6-13(17)7-10-16/h4-6,9,11H,2-3,7-8,10H2,1H3/t16-/m0/s1. The number of hydrogen-bond acceptors (Lipinski definition) is 2. The lowest BCUT2D eigenvalue weighted by molar-refractivity contribution is -0.115. The van der Waals surface area contributed by atoms with Gasteiger partial charge in [-0.15, -0.1) is 0 Å². The molecule has 0 bridgehead atoms. The Hall–Kier alpha value is -1.57. The molecule has 1 spiro atoms. The third-order valence-electron chi connectivity index (χ3n) is 4.33. The lowest BCUT2D eigenvalue weighted by Gasteiger charge is -2.38. The van der Waals surface area contributed by atoms with Gasteiger partial charge < -0.3 is 4.74 Å². The van der Waals surface area contributed by atoms with Gasteiger partial charge in [-0.05, 0) is 55.0 Å². The first kappa shape index (κ1) is 11.5. The summed E-state index contributed by atoms with van der Waals surface area (Å²) in [4.78, 5) is 11.4. The van der Waals surface area contributed by atoms with Gasteiger partial charge in [-0.1, -0.05) is 12.1 Å². The van der Waals surface area contributed by atoms with Crippen LogP contribution in [0, 0.1) is 0 Å². The largest absolute Gasteiger partial charge is 0.497 e. The van der Waals surface area contributed by atoms with Crippen LogP contribution in [0.5, 0.6) is 5.75 Å². The minimum Gasteiger partial charge on any atom is -0.497 e. The first-order valence-electron chi connectivity index (χ1n) is 6.63. The van der Waals surface area contributed by atoms with E-state index in [0.29, 0.717) is 6.42 Å². The smallest absolute Gasteiger partial charge is 0.155 e. The molecule has 0 aliphatic heterocycles. The number of hydrogen-bond donors (Lipinski definition) is 0. The van der Waals surface area contributed by atoms with Crippen LogP contribution in [0.3, 0.4) is 0 Å². The van der Waals surface area contributed by atoms with E-state index in [1.54, 1.807) is 13.2 Å². The number of methoxy groups -OCH3 is 1. The van der Waals surface area contributed by atoms with E-state index in [1.807, 2.05) is 6.07 Å². The molecule has 0 saturated carbocycles. The average Bonchev–Trinajstić information content (AvgIpc) is 2.42. The van der Waals surface area contributed by atoms with E-state index in [1.165, 1.54) is 17.5 Å². The van der Waals surface area contributed by atoms with Crippen molar-refractivity contribution in [1.82, 2.24) is 0 Å². The molecule has 94 valence electrons. The SMILES string of the molecule is COc1ccc2c(c1)[C@]1(C=CC(=O)CC1)CCC2. The third kappa shape index (κ3) is 1.76. The summed E-state index contributed by atoms with van der Waals surface area (Å²) in [7, 11) is 1.71. The Labute approximate surface area is 108 Å². The maximum absolute atomic E-state index is 11.4. The highest BCUT2D eigenvalue weighted by Crippen LogP contribution is 2.44. The molecule has 2 nitrogen and oxygen atoms in total. The molecule has 3 rings (SSSR count). The Morgan fingerprint density at radius 3 is 2.83 bits per heavy atom. The first-order valence-corrected chi connectivity index (χ1v) is 6.63. The third-order valence-corrected chi connectivity index (χ3v) is 4.33. The highest BCUT2D eigenvalue weighted by molar-refractivity contribution is 5.91. The monoisotopic (exact) mass is 242 g/mol. The van der Waals surface area contributed by atoms with Crippen molar-refractivity contribution >= 4 is 5.78 Å². The van der Waals surface area contributed by atoms with Crippen molar-refractivity contribution < 1.29 is 9.53 Å². The summed E-state index contributed by atoms with van der Waals surface area (Å²) in [6.45, 7) is 0. The lowest BCUT2D eigenvalue weighted by Crippen LogP contribution is -2.32. The quantitative estimate of drug-likeness (QED) is 0.756. The van der Waals surface area contributed by atoms with Crippen LogP contribution in [0.1, 0.15) is 36.8 Å². The molecule has 1 aromatic rings. The minimum absolute atomic E-state index is 0.0794. The van der Waals surface area contributed by atoms with Crippen molar-refractivity contribution in [3.63, 3.8) is 0 Å². The fraction of sp³-hybridized carbons (Fsp3) is 0.438. The van der Waals surface area contributed by atoms with Crippen LogP contribution in [-0.4, -0.2) is 12.9 Å². The summed E-state index contributed by atoms with van der Waals surface area (Å²) in [5.41, 5.74) is 2.87. The van der Waals surface area contributed by atoms with Crippen LogP contribution in [0.25, 0.3) is 0 Å². The van der Waals surface area contributed by atoms with Crippen LogP contribution in [0.15, 0.2) is 30.4 Å². The average molecular weight is 242 g/mol. The van der Waals surface area contributed by atoms with Gasteiger partial charge in [0.1, 0.15) is 5.75 Å². The van der Waals surface area contributed by atoms with Gasteiger partial charge in [0.2, 0.25) is 0 Å². The van der Waals surface area contributed by atoms with Crippen molar-refractivity contribution in [3.8, 4) is 5.75 Å². The van der Waals surface area contributed by atoms with Crippen molar-refractivity contribution in [2.45, 2.75) is 37.5 Å². The maximum atomic E-state index is 11.4. The zero-order valence-corrected chi connectivity index (χ0v) is 10.7. The van der Waals surface area contributed by atoms with E-state index in [2.05, 4.69) is 18.2 Å². The Morgan fingerprint density at radius 2 is 2.11 bits per heavy atom. The molecule has 0 amide bonds. The number of ketones is 1. The van der Waals surface area contributed by atoms with Gasteiger partial charge in [-0.3, -0.25) is 4.79 Å². The molecular formula is C16H18O2. The molecule has 0 aromatic heterocycles. The van der Waals surface area contributed by atoms with E-state index in [4.69, 9.17) is 4.74 Å². The van der Waals surface area contributed by atoms with Gasteiger partial charge in [0.05, 0.1) is 7.11 Å². The zero-order chi connectivity index (χ0) is 12.6. The Bertz CT molecular complexity index is 516. The lowest BCUT2D eigenvalue weighted by atomic mass is 9.65. The molecular weight excluding hydrogens is 224 g/mol. The predicted molar refractivity (Wildman–Crippen MR) is 71.0 cm³/mol. The number of aryl methyl sites for hydroxylation is 1. The van der Waals surface area contributed by atoms with Crippen molar-refractivity contribution in [2.75, 3.05) is 7.11 Å². The van der Waals surface area contributed by atoms with E-state index < -0.39 is 0 Å². The van der Waals surface area contributed by atoms with E-state index in [0.717, 1.165) is 25.0 Å². The van der Waals surface area contributed by atoms with E-state index in [9.17, 15) is 4.79 Å². The van der Waals surface area contributed by atoms with Crippen molar-refractivity contribution in [2.24, 2.45) is 0 Å². The molecule has 1 atom stereocenters. The molecule has 0 saturated heterocycles. The highest BCUT2D eigenvalue weighted by Gasteiger charge is 2.36. The molecule has 0 N–H and O–H groups in total. The Kier molecular flexibility index (Phi) is 2.73. The van der Waals surface area contributed by atoms with Gasteiger partial charge >= 0.3 is 0 Å². The molecule has 18 heavy (non-hydrogen) atoms. The second-order valence-electron chi connectivity index (χ2n) is 5.33. The van der Waals surface area contributed by atoms with Gasteiger partial charge in [0, 0.05) is 11.8 Å². The molecule has 0 radical (unpaired) electrons. The van der Waals surface area contributed by atoms with Crippen molar-refractivity contribution in [1.29, 1.82) is 0 Å². The summed E-state index contributed by atoms with van der Waals surface area (Å²) in [5, 5.41) is 0. The number of carbonyl (C=O) groups is 1. The van der Waals surface area contributed by atoms with Gasteiger partial charge in [-0.2, -0.15) is 0 Å². The summed E-state index contributed by atoms with van der Waals surface area (Å²) in [5.74, 6) is 1.18. The number of ether oxygens (including phenoxy) is 1. The second-order valence-corrected chi connectivity index (χ2v) is 5.33. The number of carbonyl (C=O) groups excluding carboxylic acids is 1. The molecule has 2 aliphatic carbocycles. The number of rotatable bonds is 1. The van der Waals surface area contributed by atoms with Crippen LogP contribution >= 0.6 is 0 Å². The number of fused-ring (bicyclic) bond motifs is 2. The molecule has 2 heteroatoms. The Morgan fingerprint density at radius 1 is 1.22 bits per heavy atom. The fourth-order valence-corrected chi connectivity index (χ4v) is 3.29. The zero-order valence-electron chi connectivity index (χ0n) is 10.7. The van der Waals surface area contributed by atoms with Crippen LogP contribution in [-0.2, 0) is 16.6 Å². The fourth-order valence-electron chi connectivity index (χ4n) is 3.29. The Balaban J connectivity index is 2.10. The second kappa shape index (κ2) is 4.27. The minimum atomic E-state index is 0.0794. The summed E-state index contributed by atoms with van der Waals surface area (Å²) >= 11 is 0. The first-order chi connectivity index (χ1) is 8.73. The van der Waals surface area contributed by atoms with E-state index >= 15 is 0 Å². The highest BCUT2D eigenvalue weighted by atomic mass is 16.5. The maximum Gasteiger partial charge on any atom is 0.155 e. The molecule has 2 aliphatic rings. The number of benzene rings is 1. The summed E-state index contributed by atoms with van der Waals surface area (Å²) in [6, 6.07) is 6.38. The molecule has 0 unspecified atom stereocenters. The van der Waals surface area contributed by atoms with Gasteiger partial charge in [0.15, 0.2) is 5.78 Å². The van der Waals surface area contributed by atoms with Gasteiger partial charge in [0.25, 0.3) is 0 Å². The summed E-state index contributed by atoms with van der Waals surface area (Å²) < 4.78 is 5.34.